The summed E-state index contributed by atoms with van der Waals surface area (Å²) in [6, 6.07) is 9.37. The molecule has 1 aliphatic heterocycles. The molecule has 6 heteroatoms. The smallest absolute Gasteiger partial charge is 0.412 e. The fourth-order valence-corrected chi connectivity index (χ4v) is 2.58. The van der Waals surface area contributed by atoms with Crippen LogP contribution >= 0.6 is 0 Å². The number of likely N-dealkylation sites (tertiary alicyclic amines) is 1. The minimum atomic E-state index is -1.37. The van der Waals surface area contributed by atoms with Crippen molar-refractivity contribution in [3.05, 3.63) is 35.9 Å². The van der Waals surface area contributed by atoms with Crippen LogP contribution in [-0.2, 0) is 25.6 Å². The van der Waals surface area contributed by atoms with Crippen LogP contribution in [0.1, 0.15) is 25.3 Å². The molecule has 0 unspecified atom stereocenters. The third-order valence-corrected chi connectivity index (χ3v) is 3.69. The lowest BCUT2D eigenvalue weighted by molar-refractivity contribution is -0.185. The molecule has 0 bridgehead atoms. The quantitative estimate of drug-likeness (QED) is 0.781. The van der Waals surface area contributed by atoms with Crippen molar-refractivity contribution in [3.63, 3.8) is 0 Å². The Kier molecular flexibility index (Phi) is 5.38. The van der Waals surface area contributed by atoms with Gasteiger partial charge in [0, 0.05) is 20.1 Å². The summed E-state index contributed by atoms with van der Waals surface area (Å²) < 4.78 is 15.7. The zero-order valence-corrected chi connectivity index (χ0v) is 12.9. The van der Waals surface area contributed by atoms with E-state index in [1.165, 1.54) is 12.0 Å². The Balaban J connectivity index is 2.05. The maximum absolute atomic E-state index is 12.3. The highest BCUT2D eigenvalue weighted by molar-refractivity contribution is 5.85. The standard InChI is InChI=1S/C16H21NO5/c1-3-21-14(18)16(20-2)10-7-11-17(16)15(19)22-12-13-8-5-4-6-9-13/h4-6,8-9H,3,7,10-12H2,1-2H3/t16-/m1/s1. The molecule has 1 atom stereocenters. The number of carbonyl (C=O) groups excluding carboxylic acids is 2. The number of amides is 1. The molecule has 2 rings (SSSR count). The van der Waals surface area contributed by atoms with Gasteiger partial charge in [-0.15, -0.1) is 0 Å². The molecule has 1 fully saturated rings. The van der Waals surface area contributed by atoms with Gasteiger partial charge in [0.05, 0.1) is 6.61 Å². The number of carbonyl (C=O) groups is 2. The molecule has 0 saturated carbocycles. The van der Waals surface area contributed by atoms with Crippen molar-refractivity contribution in [1.82, 2.24) is 4.90 Å². The summed E-state index contributed by atoms with van der Waals surface area (Å²) in [5.74, 6) is -0.549. The average Bonchev–Trinajstić information content (AvgIpc) is 2.99. The highest BCUT2D eigenvalue weighted by Crippen LogP contribution is 2.32. The van der Waals surface area contributed by atoms with E-state index in [2.05, 4.69) is 0 Å². The van der Waals surface area contributed by atoms with Gasteiger partial charge in [0.2, 0.25) is 5.72 Å². The fraction of sp³-hybridized carbons (Fsp3) is 0.500. The Labute approximate surface area is 129 Å². The first kappa shape index (κ1) is 16.3. The largest absolute Gasteiger partial charge is 0.462 e. The summed E-state index contributed by atoms with van der Waals surface area (Å²) in [6.07, 6.45) is 0.492. The Morgan fingerprint density at radius 1 is 1.23 bits per heavy atom. The van der Waals surface area contributed by atoms with Crippen LogP contribution < -0.4 is 0 Å². The zero-order valence-electron chi connectivity index (χ0n) is 12.9. The molecular formula is C16H21NO5. The molecule has 1 amide bonds. The number of esters is 1. The molecule has 1 aromatic carbocycles. The maximum Gasteiger partial charge on any atom is 0.412 e. The number of benzene rings is 1. The predicted molar refractivity (Wildman–Crippen MR) is 78.9 cm³/mol. The summed E-state index contributed by atoms with van der Waals surface area (Å²) >= 11 is 0. The van der Waals surface area contributed by atoms with Gasteiger partial charge in [-0.3, -0.25) is 4.90 Å². The second-order valence-electron chi connectivity index (χ2n) is 5.00. The first-order chi connectivity index (χ1) is 10.6. The van der Waals surface area contributed by atoms with E-state index in [0.29, 0.717) is 19.4 Å². The number of hydrogen-bond donors (Lipinski definition) is 0. The molecule has 22 heavy (non-hydrogen) atoms. The van der Waals surface area contributed by atoms with Crippen LogP contribution in [0.15, 0.2) is 30.3 Å². The van der Waals surface area contributed by atoms with E-state index >= 15 is 0 Å². The van der Waals surface area contributed by atoms with Crippen LogP contribution in [0, 0.1) is 0 Å². The summed E-state index contributed by atoms with van der Waals surface area (Å²) in [6.45, 7) is 2.50. The minimum Gasteiger partial charge on any atom is -0.462 e. The van der Waals surface area contributed by atoms with Crippen molar-refractivity contribution < 1.29 is 23.8 Å². The normalized spacial score (nSPS) is 20.7. The number of hydrogen-bond acceptors (Lipinski definition) is 5. The van der Waals surface area contributed by atoms with Gasteiger partial charge in [0.25, 0.3) is 0 Å². The van der Waals surface area contributed by atoms with Crippen molar-refractivity contribution in [2.75, 3.05) is 20.3 Å². The average molecular weight is 307 g/mol. The van der Waals surface area contributed by atoms with E-state index in [9.17, 15) is 9.59 Å². The second kappa shape index (κ2) is 7.26. The first-order valence-electron chi connectivity index (χ1n) is 7.34. The summed E-state index contributed by atoms with van der Waals surface area (Å²) in [4.78, 5) is 25.8. The molecule has 1 aromatic rings. The van der Waals surface area contributed by atoms with Gasteiger partial charge in [-0.1, -0.05) is 30.3 Å². The van der Waals surface area contributed by atoms with Gasteiger partial charge in [-0.05, 0) is 18.9 Å². The molecule has 1 aliphatic rings. The molecule has 120 valence electrons. The number of ether oxygens (including phenoxy) is 3. The Bertz CT molecular complexity index is 519. The molecule has 0 radical (unpaired) electrons. The van der Waals surface area contributed by atoms with Crippen molar-refractivity contribution in [3.8, 4) is 0 Å². The minimum absolute atomic E-state index is 0.152. The lowest BCUT2D eigenvalue weighted by atomic mass is 10.1. The molecule has 6 nitrogen and oxygen atoms in total. The van der Waals surface area contributed by atoms with E-state index < -0.39 is 17.8 Å². The van der Waals surface area contributed by atoms with E-state index in [4.69, 9.17) is 14.2 Å². The number of methoxy groups -OCH3 is 1. The molecule has 1 heterocycles. The molecule has 0 spiro atoms. The van der Waals surface area contributed by atoms with E-state index in [-0.39, 0.29) is 13.2 Å². The van der Waals surface area contributed by atoms with Gasteiger partial charge in [0.1, 0.15) is 6.61 Å². The lowest BCUT2D eigenvalue weighted by Gasteiger charge is -2.33. The van der Waals surface area contributed by atoms with Crippen LogP contribution in [0.3, 0.4) is 0 Å². The van der Waals surface area contributed by atoms with Crippen molar-refractivity contribution in [2.45, 2.75) is 32.1 Å². The van der Waals surface area contributed by atoms with E-state index in [1.54, 1.807) is 6.92 Å². The molecule has 0 N–H and O–H groups in total. The van der Waals surface area contributed by atoms with Crippen LogP contribution in [0.25, 0.3) is 0 Å². The van der Waals surface area contributed by atoms with E-state index in [1.807, 2.05) is 30.3 Å². The predicted octanol–water partition coefficient (Wildman–Crippen LogP) is 2.32. The van der Waals surface area contributed by atoms with Gasteiger partial charge in [0.15, 0.2) is 0 Å². The van der Waals surface area contributed by atoms with Crippen LogP contribution in [0.4, 0.5) is 4.79 Å². The summed E-state index contributed by atoms with van der Waals surface area (Å²) in [5.41, 5.74) is -0.488. The zero-order chi connectivity index (χ0) is 16.0. The molecule has 1 saturated heterocycles. The monoisotopic (exact) mass is 307 g/mol. The lowest BCUT2D eigenvalue weighted by Crippen LogP contribution is -2.55. The highest BCUT2D eigenvalue weighted by atomic mass is 16.6. The van der Waals surface area contributed by atoms with Crippen molar-refractivity contribution in [2.24, 2.45) is 0 Å². The number of rotatable bonds is 5. The van der Waals surface area contributed by atoms with Gasteiger partial charge < -0.3 is 14.2 Å². The van der Waals surface area contributed by atoms with Crippen LogP contribution in [0.5, 0.6) is 0 Å². The maximum atomic E-state index is 12.3. The molecular weight excluding hydrogens is 286 g/mol. The van der Waals surface area contributed by atoms with Crippen LogP contribution in [-0.4, -0.2) is 42.9 Å². The van der Waals surface area contributed by atoms with Crippen molar-refractivity contribution >= 4 is 12.1 Å². The molecule has 0 aliphatic carbocycles. The van der Waals surface area contributed by atoms with Crippen LogP contribution in [0.2, 0.25) is 0 Å². The first-order valence-corrected chi connectivity index (χ1v) is 7.34. The Hall–Kier alpha value is -2.08. The third kappa shape index (κ3) is 3.22. The molecule has 0 aromatic heterocycles. The highest BCUT2D eigenvalue weighted by Gasteiger charge is 2.52. The van der Waals surface area contributed by atoms with Gasteiger partial charge in [-0.2, -0.15) is 0 Å². The SMILES string of the molecule is CCOC(=O)[C@]1(OC)CCCN1C(=O)OCc1ccccc1. The van der Waals surface area contributed by atoms with Gasteiger partial charge >= 0.3 is 12.1 Å². The summed E-state index contributed by atoms with van der Waals surface area (Å²) in [5, 5.41) is 0. The second-order valence-corrected chi connectivity index (χ2v) is 5.00. The topological polar surface area (TPSA) is 65.1 Å². The summed E-state index contributed by atoms with van der Waals surface area (Å²) in [7, 11) is 1.40. The Morgan fingerprint density at radius 3 is 2.59 bits per heavy atom. The van der Waals surface area contributed by atoms with Crippen molar-refractivity contribution in [1.29, 1.82) is 0 Å². The van der Waals surface area contributed by atoms with Gasteiger partial charge in [-0.25, -0.2) is 9.59 Å². The number of nitrogens with zero attached hydrogens (tertiary/aromatic N) is 1. The third-order valence-electron chi connectivity index (χ3n) is 3.69. The fourth-order valence-electron chi connectivity index (χ4n) is 2.58. The van der Waals surface area contributed by atoms with E-state index in [0.717, 1.165) is 5.56 Å². The Morgan fingerprint density at radius 2 is 1.95 bits per heavy atom.